The zero-order valence-corrected chi connectivity index (χ0v) is 5.50. The first-order valence-corrected chi connectivity index (χ1v) is 2.84. The molecule has 0 saturated heterocycles. The van der Waals surface area contributed by atoms with Crippen molar-refractivity contribution in [2.75, 3.05) is 5.73 Å². The maximum absolute atomic E-state index is 11.6. The molecule has 11 heavy (non-hydrogen) atoms. The van der Waals surface area contributed by atoms with Crippen molar-refractivity contribution in [2.45, 2.75) is 6.61 Å². The fourth-order valence-corrected chi connectivity index (χ4v) is 0.603. The summed E-state index contributed by atoms with van der Waals surface area (Å²) in [6, 6.07) is 1.28. The number of nitrogens with two attached hydrogens (primary N) is 1. The first kappa shape index (κ1) is 7.71. The average Bonchev–Trinajstić information content (AvgIpc) is 1.85. The van der Waals surface area contributed by atoms with E-state index >= 15 is 0 Å². The molecule has 0 aliphatic rings. The molecule has 2 N–H and O–H groups in total. The van der Waals surface area contributed by atoms with Crippen LogP contribution in [0.15, 0.2) is 18.5 Å². The Morgan fingerprint density at radius 1 is 1.45 bits per heavy atom. The molecule has 0 fully saturated rings. The van der Waals surface area contributed by atoms with Crippen LogP contribution in [-0.2, 0) is 0 Å². The number of nitrogens with zero attached hydrogens (tertiary/aromatic N) is 1. The predicted molar refractivity (Wildman–Crippen MR) is 35.3 cm³/mol. The van der Waals surface area contributed by atoms with Crippen molar-refractivity contribution in [1.29, 1.82) is 0 Å². The first-order valence-electron chi connectivity index (χ1n) is 2.84. The van der Waals surface area contributed by atoms with Crippen molar-refractivity contribution in [2.24, 2.45) is 0 Å². The van der Waals surface area contributed by atoms with Gasteiger partial charge < -0.3 is 10.5 Å². The molecule has 0 spiro atoms. The number of halogens is 2. The first-order chi connectivity index (χ1) is 5.18. The maximum atomic E-state index is 11.6. The molecule has 5 heteroatoms. The lowest BCUT2D eigenvalue weighted by Gasteiger charge is -2.02. The highest BCUT2D eigenvalue weighted by Crippen LogP contribution is 2.14. The number of hydrogen-bond donors (Lipinski definition) is 1. The minimum Gasteiger partial charge on any atom is -0.433 e. The molecule has 0 aliphatic heterocycles. The molecule has 1 aromatic rings. The Kier molecular flexibility index (Phi) is 2.20. The minimum absolute atomic E-state index is 0.0278. The Bertz CT molecular complexity index is 242. The summed E-state index contributed by atoms with van der Waals surface area (Å²) in [4.78, 5) is 3.55. The fourth-order valence-electron chi connectivity index (χ4n) is 0.603. The monoisotopic (exact) mass is 160 g/mol. The third kappa shape index (κ3) is 2.37. The molecule has 1 aromatic heterocycles. The highest BCUT2D eigenvalue weighted by Gasteiger charge is 2.03. The smallest absolute Gasteiger partial charge is 0.387 e. The Morgan fingerprint density at radius 3 is 2.73 bits per heavy atom. The van der Waals surface area contributed by atoms with Gasteiger partial charge >= 0.3 is 6.61 Å². The second-order valence-corrected chi connectivity index (χ2v) is 1.83. The molecular formula is C6H6F2N2O. The predicted octanol–water partition coefficient (Wildman–Crippen LogP) is 1.27. The number of nitrogen functional groups attached to an aromatic ring is 1. The molecule has 0 bridgehead atoms. The van der Waals surface area contributed by atoms with E-state index in [1.165, 1.54) is 18.5 Å². The van der Waals surface area contributed by atoms with Gasteiger partial charge in [0.2, 0.25) is 0 Å². The van der Waals surface area contributed by atoms with Gasteiger partial charge in [-0.05, 0) is 0 Å². The van der Waals surface area contributed by atoms with E-state index < -0.39 is 6.61 Å². The second-order valence-electron chi connectivity index (χ2n) is 1.83. The van der Waals surface area contributed by atoms with Crippen molar-refractivity contribution in [1.82, 2.24) is 4.98 Å². The van der Waals surface area contributed by atoms with Gasteiger partial charge in [-0.15, -0.1) is 0 Å². The number of pyridine rings is 1. The Morgan fingerprint density at radius 2 is 2.18 bits per heavy atom. The topological polar surface area (TPSA) is 48.1 Å². The van der Waals surface area contributed by atoms with E-state index in [0.717, 1.165) is 0 Å². The van der Waals surface area contributed by atoms with Crippen LogP contribution in [0.2, 0.25) is 0 Å². The highest BCUT2D eigenvalue weighted by atomic mass is 19.3. The van der Waals surface area contributed by atoms with Gasteiger partial charge in [0.05, 0.1) is 18.1 Å². The summed E-state index contributed by atoms with van der Waals surface area (Å²) in [5, 5.41) is 0. The normalized spacial score (nSPS) is 10.1. The molecule has 0 aliphatic carbocycles. The van der Waals surface area contributed by atoms with E-state index in [9.17, 15) is 8.78 Å². The Labute approximate surface area is 61.8 Å². The quantitative estimate of drug-likeness (QED) is 0.708. The summed E-state index contributed by atoms with van der Waals surface area (Å²) >= 11 is 0. The van der Waals surface area contributed by atoms with Gasteiger partial charge in [0.15, 0.2) is 0 Å². The van der Waals surface area contributed by atoms with Crippen LogP contribution in [0.5, 0.6) is 5.75 Å². The average molecular weight is 160 g/mol. The Hall–Kier alpha value is -1.39. The second kappa shape index (κ2) is 3.14. The third-order valence-corrected chi connectivity index (χ3v) is 0.959. The summed E-state index contributed by atoms with van der Waals surface area (Å²) in [5.41, 5.74) is 5.54. The van der Waals surface area contributed by atoms with Crippen LogP contribution in [-0.4, -0.2) is 11.6 Å². The molecule has 0 aromatic carbocycles. The molecule has 1 rings (SSSR count). The maximum Gasteiger partial charge on any atom is 0.387 e. The van der Waals surface area contributed by atoms with Gasteiger partial charge in [0.25, 0.3) is 0 Å². The van der Waals surface area contributed by atoms with Crippen LogP contribution in [0, 0.1) is 0 Å². The van der Waals surface area contributed by atoms with Crippen molar-refractivity contribution >= 4 is 5.69 Å². The molecule has 0 saturated carbocycles. The molecule has 0 atom stereocenters. The number of alkyl halides is 2. The van der Waals surface area contributed by atoms with Crippen LogP contribution < -0.4 is 10.5 Å². The lowest BCUT2D eigenvalue weighted by atomic mass is 10.4. The van der Waals surface area contributed by atoms with Gasteiger partial charge in [-0.3, -0.25) is 4.98 Å². The highest BCUT2D eigenvalue weighted by molar-refractivity contribution is 5.39. The molecule has 0 unspecified atom stereocenters. The largest absolute Gasteiger partial charge is 0.433 e. The number of anilines is 1. The van der Waals surface area contributed by atoms with Crippen LogP contribution in [0.1, 0.15) is 0 Å². The van der Waals surface area contributed by atoms with E-state index in [0.29, 0.717) is 5.69 Å². The van der Waals surface area contributed by atoms with E-state index in [2.05, 4.69) is 9.72 Å². The summed E-state index contributed by atoms with van der Waals surface area (Å²) in [6.07, 6.45) is 2.51. The van der Waals surface area contributed by atoms with Gasteiger partial charge in [-0.25, -0.2) is 0 Å². The van der Waals surface area contributed by atoms with Gasteiger partial charge in [0.1, 0.15) is 5.75 Å². The van der Waals surface area contributed by atoms with E-state index in [1.54, 1.807) is 0 Å². The summed E-state index contributed by atoms with van der Waals surface area (Å²) in [6.45, 7) is -2.83. The number of aromatic nitrogens is 1. The fraction of sp³-hybridized carbons (Fsp3) is 0.167. The molecular weight excluding hydrogens is 154 g/mol. The zero-order chi connectivity index (χ0) is 8.27. The SMILES string of the molecule is Nc1cncc(OC(F)F)c1. The Balaban J connectivity index is 2.71. The molecule has 60 valence electrons. The van der Waals surface area contributed by atoms with Gasteiger partial charge in [0, 0.05) is 6.07 Å². The summed E-state index contributed by atoms with van der Waals surface area (Å²) < 4.78 is 27.1. The summed E-state index contributed by atoms with van der Waals surface area (Å²) in [5.74, 6) is -0.0278. The van der Waals surface area contributed by atoms with Crippen molar-refractivity contribution in [3.8, 4) is 5.75 Å². The minimum atomic E-state index is -2.83. The molecule has 0 amide bonds. The number of rotatable bonds is 2. The van der Waals surface area contributed by atoms with Crippen LogP contribution in [0.3, 0.4) is 0 Å². The number of ether oxygens (including phenoxy) is 1. The van der Waals surface area contributed by atoms with Gasteiger partial charge in [-0.2, -0.15) is 8.78 Å². The van der Waals surface area contributed by atoms with Gasteiger partial charge in [-0.1, -0.05) is 0 Å². The third-order valence-electron chi connectivity index (χ3n) is 0.959. The molecule has 1 heterocycles. The standard InChI is InChI=1S/C6H6F2N2O/c7-6(8)11-5-1-4(9)2-10-3-5/h1-3,6H,9H2. The lowest BCUT2D eigenvalue weighted by Crippen LogP contribution is -2.02. The van der Waals surface area contributed by atoms with E-state index in [4.69, 9.17) is 5.73 Å². The van der Waals surface area contributed by atoms with Crippen LogP contribution in [0.4, 0.5) is 14.5 Å². The molecule has 3 nitrogen and oxygen atoms in total. The number of hydrogen-bond acceptors (Lipinski definition) is 3. The summed E-state index contributed by atoms with van der Waals surface area (Å²) in [7, 11) is 0. The van der Waals surface area contributed by atoms with Crippen molar-refractivity contribution < 1.29 is 13.5 Å². The zero-order valence-electron chi connectivity index (χ0n) is 5.50. The lowest BCUT2D eigenvalue weighted by molar-refractivity contribution is -0.0500. The van der Waals surface area contributed by atoms with E-state index in [-0.39, 0.29) is 5.75 Å². The van der Waals surface area contributed by atoms with E-state index in [1.807, 2.05) is 0 Å². The van der Waals surface area contributed by atoms with Crippen molar-refractivity contribution in [3.63, 3.8) is 0 Å². The van der Waals surface area contributed by atoms with Crippen LogP contribution in [0.25, 0.3) is 0 Å². The van der Waals surface area contributed by atoms with Crippen molar-refractivity contribution in [3.05, 3.63) is 18.5 Å². The van der Waals surface area contributed by atoms with Crippen LogP contribution >= 0.6 is 0 Å². The molecule has 0 radical (unpaired) electrons.